The minimum absolute atomic E-state index is 0.0934. The molecule has 1 aromatic rings. The normalized spacial score (nSPS) is 24.6. The fourth-order valence-electron chi connectivity index (χ4n) is 2.79. The van der Waals surface area contributed by atoms with Crippen LogP contribution in [0.2, 0.25) is 0 Å². The van der Waals surface area contributed by atoms with Gasteiger partial charge in [-0.3, -0.25) is 0 Å². The largest absolute Gasteiger partial charge is 0.316 e. The standard InChI is InChI=1S/C14H18F3N/c1-8(2)11-7-18-4-3-10(11)9-5-12(15)14(17)13(16)6-9/h5-6,8,10-11,18H,3-4,7H2,1-2H3. The van der Waals surface area contributed by atoms with Crippen LogP contribution in [0.5, 0.6) is 0 Å². The molecule has 1 heterocycles. The predicted octanol–water partition coefficient (Wildman–Crippen LogP) is 3.45. The van der Waals surface area contributed by atoms with E-state index < -0.39 is 17.5 Å². The third kappa shape index (κ3) is 2.53. The summed E-state index contributed by atoms with van der Waals surface area (Å²) in [5.41, 5.74) is 0.576. The molecule has 4 heteroatoms. The molecule has 0 saturated carbocycles. The second-order valence-electron chi connectivity index (χ2n) is 5.31. The number of halogens is 3. The van der Waals surface area contributed by atoms with Gasteiger partial charge in [-0.1, -0.05) is 13.8 Å². The lowest BCUT2D eigenvalue weighted by atomic mass is 9.75. The maximum Gasteiger partial charge on any atom is 0.194 e. The minimum Gasteiger partial charge on any atom is -0.316 e. The third-order valence-electron chi connectivity index (χ3n) is 3.82. The van der Waals surface area contributed by atoms with Crippen molar-refractivity contribution in [3.63, 3.8) is 0 Å². The monoisotopic (exact) mass is 257 g/mol. The maximum absolute atomic E-state index is 13.3. The van der Waals surface area contributed by atoms with Gasteiger partial charge in [0.05, 0.1) is 0 Å². The van der Waals surface area contributed by atoms with Crippen LogP contribution >= 0.6 is 0 Å². The molecule has 2 unspecified atom stereocenters. The van der Waals surface area contributed by atoms with Crippen molar-refractivity contribution in [2.45, 2.75) is 26.2 Å². The fraction of sp³-hybridized carbons (Fsp3) is 0.571. The van der Waals surface area contributed by atoms with Crippen LogP contribution in [-0.4, -0.2) is 13.1 Å². The molecule has 0 spiro atoms. The van der Waals surface area contributed by atoms with Crippen molar-refractivity contribution < 1.29 is 13.2 Å². The lowest BCUT2D eigenvalue weighted by molar-refractivity contribution is 0.254. The van der Waals surface area contributed by atoms with Gasteiger partial charge in [-0.2, -0.15) is 0 Å². The molecule has 100 valence electrons. The Hall–Kier alpha value is -1.03. The van der Waals surface area contributed by atoms with Gasteiger partial charge in [0.15, 0.2) is 17.5 Å². The Morgan fingerprint density at radius 1 is 1.17 bits per heavy atom. The summed E-state index contributed by atoms with van der Waals surface area (Å²) in [7, 11) is 0. The Morgan fingerprint density at radius 2 is 1.78 bits per heavy atom. The van der Waals surface area contributed by atoms with Gasteiger partial charge in [-0.15, -0.1) is 0 Å². The van der Waals surface area contributed by atoms with Gasteiger partial charge in [0.2, 0.25) is 0 Å². The molecule has 1 nitrogen and oxygen atoms in total. The van der Waals surface area contributed by atoms with Gasteiger partial charge in [-0.25, -0.2) is 13.2 Å². The Balaban J connectivity index is 2.34. The van der Waals surface area contributed by atoms with Crippen molar-refractivity contribution in [3.05, 3.63) is 35.1 Å². The fourth-order valence-corrected chi connectivity index (χ4v) is 2.79. The highest BCUT2D eigenvalue weighted by Gasteiger charge is 2.29. The Bertz CT molecular complexity index is 408. The number of hydrogen-bond acceptors (Lipinski definition) is 1. The SMILES string of the molecule is CC(C)C1CNCCC1c1cc(F)c(F)c(F)c1. The van der Waals surface area contributed by atoms with Crippen LogP contribution in [-0.2, 0) is 0 Å². The molecule has 1 saturated heterocycles. The maximum atomic E-state index is 13.3. The molecule has 0 bridgehead atoms. The Labute approximate surface area is 105 Å². The molecule has 0 amide bonds. The van der Waals surface area contributed by atoms with E-state index in [1.807, 2.05) is 0 Å². The highest BCUT2D eigenvalue weighted by atomic mass is 19.2. The highest BCUT2D eigenvalue weighted by Crippen LogP contribution is 2.35. The lowest BCUT2D eigenvalue weighted by Gasteiger charge is -2.35. The molecule has 18 heavy (non-hydrogen) atoms. The molecule has 2 atom stereocenters. The van der Waals surface area contributed by atoms with Gasteiger partial charge in [0, 0.05) is 0 Å². The number of piperidine rings is 1. The van der Waals surface area contributed by atoms with E-state index in [1.54, 1.807) is 0 Å². The first-order chi connectivity index (χ1) is 8.50. The average molecular weight is 257 g/mol. The molecule has 1 aliphatic rings. The summed E-state index contributed by atoms with van der Waals surface area (Å²) < 4.78 is 39.6. The zero-order chi connectivity index (χ0) is 13.3. The van der Waals surface area contributed by atoms with Crippen LogP contribution < -0.4 is 5.32 Å². The number of nitrogens with one attached hydrogen (secondary N) is 1. The van der Waals surface area contributed by atoms with Gasteiger partial charge in [0.25, 0.3) is 0 Å². The van der Waals surface area contributed by atoms with Gasteiger partial charge in [0.1, 0.15) is 0 Å². The molecule has 0 aromatic heterocycles. The van der Waals surface area contributed by atoms with Crippen molar-refractivity contribution in [1.82, 2.24) is 5.32 Å². The number of rotatable bonds is 2. The molecule has 1 N–H and O–H groups in total. The highest BCUT2D eigenvalue weighted by molar-refractivity contribution is 5.24. The molecule has 2 rings (SSSR count). The lowest BCUT2D eigenvalue weighted by Crippen LogP contribution is -2.38. The van der Waals surface area contributed by atoms with Gasteiger partial charge in [-0.05, 0) is 55.0 Å². The molecular weight excluding hydrogens is 239 g/mol. The van der Waals surface area contributed by atoms with Crippen LogP contribution in [0.4, 0.5) is 13.2 Å². The van der Waals surface area contributed by atoms with E-state index in [0.29, 0.717) is 17.4 Å². The zero-order valence-corrected chi connectivity index (χ0v) is 10.6. The van der Waals surface area contributed by atoms with Crippen molar-refractivity contribution in [3.8, 4) is 0 Å². The van der Waals surface area contributed by atoms with Crippen molar-refractivity contribution >= 4 is 0 Å². The van der Waals surface area contributed by atoms with Gasteiger partial charge < -0.3 is 5.32 Å². The number of hydrogen-bond donors (Lipinski definition) is 1. The quantitative estimate of drug-likeness (QED) is 0.800. The van der Waals surface area contributed by atoms with Crippen LogP contribution in [0.1, 0.15) is 31.7 Å². The molecule has 0 radical (unpaired) electrons. The van der Waals surface area contributed by atoms with Crippen LogP contribution in [0.3, 0.4) is 0 Å². The zero-order valence-electron chi connectivity index (χ0n) is 10.6. The first-order valence-electron chi connectivity index (χ1n) is 6.36. The van der Waals surface area contributed by atoms with Crippen LogP contribution in [0.15, 0.2) is 12.1 Å². The number of benzene rings is 1. The minimum atomic E-state index is -1.38. The molecule has 1 aliphatic heterocycles. The average Bonchev–Trinajstić information content (AvgIpc) is 2.35. The van der Waals surface area contributed by atoms with E-state index in [1.165, 1.54) is 0 Å². The smallest absolute Gasteiger partial charge is 0.194 e. The van der Waals surface area contributed by atoms with Crippen LogP contribution in [0, 0.1) is 29.3 Å². The van der Waals surface area contributed by atoms with Crippen LogP contribution in [0.25, 0.3) is 0 Å². The van der Waals surface area contributed by atoms with E-state index in [2.05, 4.69) is 19.2 Å². The van der Waals surface area contributed by atoms with E-state index in [9.17, 15) is 13.2 Å². The van der Waals surface area contributed by atoms with Crippen molar-refractivity contribution in [2.75, 3.05) is 13.1 Å². The summed E-state index contributed by atoms with van der Waals surface area (Å²) in [6.07, 6.45) is 0.827. The molecule has 1 aromatic carbocycles. The Morgan fingerprint density at radius 3 is 2.33 bits per heavy atom. The molecule has 0 aliphatic carbocycles. The van der Waals surface area contributed by atoms with Crippen molar-refractivity contribution in [1.29, 1.82) is 0 Å². The van der Waals surface area contributed by atoms with E-state index in [-0.39, 0.29) is 5.92 Å². The summed E-state index contributed by atoms with van der Waals surface area (Å²) in [5.74, 6) is -2.73. The first-order valence-corrected chi connectivity index (χ1v) is 6.36. The third-order valence-corrected chi connectivity index (χ3v) is 3.82. The summed E-state index contributed by atoms with van der Waals surface area (Å²) in [4.78, 5) is 0. The topological polar surface area (TPSA) is 12.0 Å². The molecule has 1 fully saturated rings. The summed E-state index contributed by atoms with van der Waals surface area (Å²) in [5, 5.41) is 3.29. The first kappa shape index (κ1) is 13.4. The van der Waals surface area contributed by atoms with Gasteiger partial charge >= 0.3 is 0 Å². The van der Waals surface area contributed by atoms with E-state index in [0.717, 1.165) is 31.6 Å². The Kier molecular flexibility index (Phi) is 3.95. The summed E-state index contributed by atoms with van der Waals surface area (Å²) in [6, 6.07) is 2.29. The van der Waals surface area contributed by atoms with E-state index in [4.69, 9.17) is 0 Å². The molecular formula is C14H18F3N. The van der Waals surface area contributed by atoms with Crippen molar-refractivity contribution in [2.24, 2.45) is 11.8 Å². The summed E-state index contributed by atoms with van der Waals surface area (Å²) >= 11 is 0. The second-order valence-corrected chi connectivity index (χ2v) is 5.31. The predicted molar refractivity (Wildman–Crippen MR) is 64.9 cm³/mol. The van der Waals surface area contributed by atoms with E-state index >= 15 is 0 Å². The summed E-state index contributed by atoms with van der Waals surface area (Å²) in [6.45, 7) is 5.86. The second kappa shape index (κ2) is 5.31.